The van der Waals surface area contributed by atoms with Crippen molar-refractivity contribution >= 4 is 21.5 Å². The van der Waals surface area contributed by atoms with Gasteiger partial charge in [-0.25, -0.2) is 0 Å². The monoisotopic (exact) mass is 350 g/mol. The highest BCUT2D eigenvalue weighted by Crippen LogP contribution is 2.50. The Bertz CT molecular complexity index is 1100. The SMILES string of the molecule is Oc1cc(-c2cc(O)c3cccc(O)c3c2O)c(O)c2c(O)cccc12. The summed E-state index contributed by atoms with van der Waals surface area (Å²) in [5.41, 5.74) is -0.0103. The third-order valence-corrected chi connectivity index (χ3v) is 4.47. The van der Waals surface area contributed by atoms with E-state index in [-0.39, 0.29) is 67.2 Å². The normalized spacial score (nSPS) is 11.2. The summed E-state index contributed by atoms with van der Waals surface area (Å²) in [4.78, 5) is 0. The zero-order chi connectivity index (χ0) is 18.6. The number of phenols is 6. The Balaban J connectivity index is 2.15. The van der Waals surface area contributed by atoms with E-state index in [0.29, 0.717) is 0 Å². The summed E-state index contributed by atoms with van der Waals surface area (Å²) in [5.74, 6) is -1.69. The molecule has 0 heterocycles. The number of fused-ring (bicyclic) bond motifs is 2. The van der Waals surface area contributed by atoms with Crippen LogP contribution in [0.15, 0.2) is 48.5 Å². The van der Waals surface area contributed by atoms with Gasteiger partial charge in [-0.2, -0.15) is 0 Å². The zero-order valence-electron chi connectivity index (χ0n) is 13.3. The molecule has 4 aromatic rings. The van der Waals surface area contributed by atoms with Gasteiger partial charge in [0, 0.05) is 21.9 Å². The Kier molecular flexibility index (Phi) is 3.23. The fraction of sp³-hybridized carbons (Fsp3) is 0. The number of hydrogen-bond donors (Lipinski definition) is 6. The van der Waals surface area contributed by atoms with Crippen LogP contribution in [0.2, 0.25) is 0 Å². The molecule has 0 saturated carbocycles. The van der Waals surface area contributed by atoms with Gasteiger partial charge in [-0.3, -0.25) is 0 Å². The van der Waals surface area contributed by atoms with Gasteiger partial charge in [0.05, 0.1) is 10.8 Å². The van der Waals surface area contributed by atoms with Crippen molar-refractivity contribution < 1.29 is 30.6 Å². The van der Waals surface area contributed by atoms with Gasteiger partial charge >= 0.3 is 0 Å². The molecule has 26 heavy (non-hydrogen) atoms. The van der Waals surface area contributed by atoms with Crippen molar-refractivity contribution in [2.45, 2.75) is 0 Å². The van der Waals surface area contributed by atoms with E-state index in [1.807, 2.05) is 0 Å². The maximum Gasteiger partial charge on any atom is 0.135 e. The fourth-order valence-electron chi connectivity index (χ4n) is 3.25. The summed E-state index contributed by atoms with van der Waals surface area (Å²) in [6, 6.07) is 11.2. The van der Waals surface area contributed by atoms with Crippen molar-refractivity contribution in [3.8, 4) is 45.6 Å². The van der Waals surface area contributed by atoms with E-state index in [2.05, 4.69) is 0 Å². The Morgan fingerprint density at radius 1 is 0.462 bits per heavy atom. The molecule has 6 heteroatoms. The van der Waals surface area contributed by atoms with Crippen LogP contribution in [0.5, 0.6) is 34.5 Å². The molecule has 0 aliphatic carbocycles. The Labute approximate surface area is 147 Å². The molecular formula is C20H14O6. The second-order valence-corrected chi connectivity index (χ2v) is 5.98. The molecule has 0 aliphatic heterocycles. The molecule has 0 aromatic heterocycles. The molecule has 0 aliphatic rings. The lowest BCUT2D eigenvalue weighted by molar-refractivity contribution is 0.453. The molecule has 6 N–H and O–H groups in total. The predicted molar refractivity (Wildman–Crippen MR) is 96.9 cm³/mol. The highest BCUT2D eigenvalue weighted by Gasteiger charge is 2.21. The highest BCUT2D eigenvalue weighted by atomic mass is 16.3. The van der Waals surface area contributed by atoms with Crippen molar-refractivity contribution in [3.05, 3.63) is 48.5 Å². The second kappa shape index (κ2) is 5.35. The van der Waals surface area contributed by atoms with Gasteiger partial charge in [0.1, 0.15) is 34.5 Å². The van der Waals surface area contributed by atoms with Crippen molar-refractivity contribution in [2.24, 2.45) is 0 Å². The van der Waals surface area contributed by atoms with Gasteiger partial charge in [0.25, 0.3) is 0 Å². The summed E-state index contributed by atoms with van der Waals surface area (Å²) in [7, 11) is 0. The molecule has 130 valence electrons. The minimum atomic E-state index is -0.375. The Morgan fingerprint density at radius 2 is 0.846 bits per heavy atom. The van der Waals surface area contributed by atoms with Crippen LogP contribution in [-0.4, -0.2) is 30.6 Å². The van der Waals surface area contributed by atoms with Gasteiger partial charge in [-0.1, -0.05) is 24.3 Å². The fourth-order valence-corrected chi connectivity index (χ4v) is 3.25. The molecule has 6 nitrogen and oxygen atoms in total. The maximum atomic E-state index is 10.6. The van der Waals surface area contributed by atoms with E-state index in [0.717, 1.165) is 0 Å². The number of benzene rings is 4. The van der Waals surface area contributed by atoms with Crippen LogP contribution in [0.4, 0.5) is 0 Å². The van der Waals surface area contributed by atoms with Crippen molar-refractivity contribution in [3.63, 3.8) is 0 Å². The standard InChI is InChI=1S/C20H14O6/c21-13-5-1-3-9-15(23)7-11(19(25)17(9)13)12-8-16(24)10-4-2-6-14(22)18(10)20(12)26/h1-8,21-26H. The Hall–Kier alpha value is -3.80. The quantitative estimate of drug-likeness (QED) is 0.290. The first kappa shape index (κ1) is 15.7. The van der Waals surface area contributed by atoms with E-state index in [1.54, 1.807) is 0 Å². The number of hydrogen-bond acceptors (Lipinski definition) is 6. The summed E-state index contributed by atoms with van der Waals surface area (Å²) in [6.45, 7) is 0. The molecule has 0 spiro atoms. The van der Waals surface area contributed by atoms with Gasteiger partial charge in [-0.15, -0.1) is 0 Å². The average molecular weight is 350 g/mol. The third-order valence-electron chi connectivity index (χ3n) is 4.47. The zero-order valence-corrected chi connectivity index (χ0v) is 13.3. The van der Waals surface area contributed by atoms with E-state index >= 15 is 0 Å². The molecule has 4 rings (SSSR count). The number of aromatic hydroxyl groups is 6. The smallest absolute Gasteiger partial charge is 0.135 e. The highest BCUT2D eigenvalue weighted by molar-refractivity contribution is 6.07. The average Bonchev–Trinajstić information content (AvgIpc) is 2.61. The lowest BCUT2D eigenvalue weighted by atomic mass is 9.94. The summed E-state index contributed by atoms with van der Waals surface area (Å²) >= 11 is 0. The predicted octanol–water partition coefficient (Wildman–Crippen LogP) is 3.89. The maximum absolute atomic E-state index is 10.6. The Morgan fingerprint density at radius 3 is 1.23 bits per heavy atom. The molecule has 0 unspecified atom stereocenters. The molecule has 0 amide bonds. The topological polar surface area (TPSA) is 121 Å². The third kappa shape index (κ3) is 2.05. The van der Waals surface area contributed by atoms with Crippen LogP contribution in [0.1, 0.15) is 0 Å². The molecule has 4 aromatic carbocycles. The first-order valence-corrected chi connectivity index (χ1v) is 7.73. The largest absolute Gasteiger partial charge is 0.507 e. The number of phenolic OH excluding ortho intramolecular Hbond substituents is 6. The first-order chi connectivity index (χ1) is 12.4. The van der Waals surface area contributed by atoms with Crippen LogP contribution in [-0.2, 0) is 0 Å². The van der Waals surface area contributed by atoms with Crippen molar-refractivity contribution in [1.29, 1.82) is 0 Å². The van der Waals surface area contributed by atoms with Crippen LogP contribution in [0.25, 0.3) is 32.7 Å². The van der Waals surface area contributed by atoms with Gasteiger partial charge in [0.2, 0.25) is 0 Å². The van der Waals surface area contributed by atoms with Crippen LogP contribution < -0.4 is 0 Å². The second-order valence-electron chi connectivity index (χ2n) is 5.98. The summed E-state index contributed by atoms with van der Waals surface area (Å²) < 4.78 is 0. The summed E-state index contributed by atoms with van der Waals surface area (Å²) in [5, 5.41) is 62.5. The molecule has 0 bridgehead atoms. The minimum Gasteiger partial charge on any atom is -0.507 e. The summed E-state index contributed by atoms with van der Waals surface area (Å²) in [6.07, 6.45) is 0. The van der Waals surface area contributed by atoms with Crippen molar-refractivity contribution in [1.82, 2.24) is 0 Å². The lowest BCUT2D eigenvalue weighted by Gasteiger charge is -2.15. The number of rotatable bonds is 1. The molecular weight excluding hydrogens is 336 g/mol. The van der Waals surface area contributed by atoms with Gasteiger partial charge < -0.3 is 30.6 Å². The molecule has 0 atom stereocenters. The molecule has 0 saturated heterocycles. The molecule has 0 radical (unpaired) electrons. The van der Waals surface area contributed by atoms with E-state index < -0.39 is 0 Å². The van der Waals surface area contributed by atoms with E-state index in [4.69, 9.17) is 0 Å². The first-order valence-electron chi connectivity index (χ1n) is 7.73. The van der Waals surface area contributed by atoms with Crippen LogP contribution >= 0.6 is 0 Å². The van der Waals surface area contributed by atoms with Crippen LogP contribution in [0.3, 0.4) is 0 Å². The van der Waals surface area contributed by atoms with E-state index in [1.165, 1.54) is 48.5 Å². The van der Waals surface area contributed by atoms with Gasteiger partial charge in [-0.05, 0) is 24.3 Å². The van der Waals surface area contributed by atoms with E-state index in [9.17, 15) is 30.6 Å². The van der Waals surface area contributed by atoms with Crippen LogP contribution in [0, 0.1) is 0 Å². The van der Waals surface area contributed by atoms with Crippen molar-refractivity contribution in [2.75, 3.05) is 0 Å². The lowest BCUT2D eigenvalue weighted by Crippen LogP contribution is -1.87. The molecule has 0 fully saturated rings. The van der Waals surface area contributed by atoms with Gasteiger partial charge in [0.15, 0.2) is 0 Å². The minimum absolute atomic E-state index is 0.00514.